The number of hydrazone groups is 1. The van der Waals surface area contributed by atoms with Gasteiger partial charge < -0.3 is 9.84 Å². The summed E-state index contributed by atoms with van der Waals surface area (Å²) >= 11 is 0. The number of ether oxygens (including phenoxy) is 1. The zero-order chi connectivity index (χ0) is 11.6. The topological polar surface area (TPSA) is 79.2 Å². The molecule has 1 rings (SSSR count). The van der Waals surface area contributed by atoms with Gasteiger partial charge in [-0.3, -0.25) is 0 Å². The zero-order valence-electron chi connectivity index (χ0n) is 8.93. The van der Waals surface area contributed by atoms with Gasteiger partial charge in [-0.05, 0) is 20.8 Å². The van der Waals surface area contributed by atoms with E-state index in [1.807, 2.05) is 0 Å². The van der Waals surface area contributed by atoms with Crippen molar-refractivity contribution < 1.29 is 19.4 Å². The minimum Gasteiger partial charge on any atom is -0.480 e. The summed E-state index contributed by atoms with van der Waals surface area (Å²) in [6.45, 7) is 5.13. The van der Waals surface area contributed by atoms with Crippen molar-refractivity contribution in [3.8, 4) is 0 Å². The summed E-state index contributed by atoms with van der Waals surface area (Å²) in [4.78, 5) is 22.3. The fraction of sp³-hybridized carbons (Fsp3) is 0.667. The summed E-state index contributed by atoms with van der Waals surface area (Å²) in [5.41, 5.74) is -0.655. The second-order valence-electron chi connectivity index (χ2n) is 4.21. The second kappa shape index (κ2) is 3.88. The molecule has 0 aromatic carbocycles. The van der Waals surface area contributed by atoms with Crippen LogP contribution in [-0.2, 0) is 9.53 Å². The SMILES string of the molecule is CC(C)(C)OC(=O)N1N=CC[C@@H]1C(=O)O. The Morgan fingerprint density at radius 2 is 2.13 bits per heavy atom. The first-order valence-corrected chi connectivity index (χ1v) is 4.59. The van der Waals surface area contributed by atoms with Crippen LogP contribution in [0.1, 0.15) is 27.2 Å². The average molecular weight is 214 g/mol. The number of amides is 1. The Labute approximate surface area is 87.5 Å². The highest BCUT2D eigenvalue weighted by atomic mass is 16.6. The number of hydrogen-bond donors (Lipinski definition) is 1. The third-order valence-electron chi connectivity index (χ3n) is 1.70. The maximum atomic E-state index is 11.5. The standard InChI is InChI=1S/C9H14N2O4/c1-9(2,3)15-8(14)11-6(7(12)13)4-5-10-11/h5-6H,4H2,1-3H3,(H,12,13)/t6-/m1/s1. The van der Waals surface area contributed by atoms with Crippen LogP contribution in [0.25, 0.3) is 0 Å². The van der Waals surface area contributed by atoms with Crippen molar-refractivity contribution in [3.05, 3.63) is 0 Å². The molecule has 0 unspecified atom stereocenters. The molecule has 1 N–H and O–H groups in total. The van der Waals surface area contributed by atoms with Crippen LogP contribution in [0.5, 0.6) is 0 Å². The van der Waals surface area contributed by atoms with Gasteiger partial charge in [0.1, 0.15) is 5.60 Å². The molecule has 6 nitrogen and oxygen atoms in total. The summed E-state index contributed by atoms with van der Waals surface area (Å²) < 4.78 is 5.01. The zero-order valence-corrected chi connectivity index (χ0v) is 8.93. The van der Waals surface area contributed by atoms with Crippen LogP contribution in [0, 0.1) is 0 Å². The van der Waals surface area contributed by atoms with E-state index in [9.17, 15) is 9.59 Å². The fourth-order valence-electron chi connectivity index (χ4n) is 1.10. The van der Waals surface area contributed by atoms with Gasteiger partial charge in [0.2, 0.25) is 0 Å². The third kappa shape index (κ3) is 2.93. The average Bonchev–Trinajstić information content (AvgIpc) is 2.47. The molecule has 0 spiro atoms. The number of nitrogens with zero attached hydrogens (tertiary/aromatic N) is 2. The third-order valence-corrected chi connectivity index (χ3v) is 1.70. The van der Waals surface area contributed by atoms with E-state index in [-0.39, 0.29) is 6.42 Å². The molecule has 0 saturated carbocycles. The number of carboxylic acid groups (broad SMARTS) is 1. The van der Waals surface area contributed by atoms with Crippen LogP contribution < -0.4 is 0 Å². The van der Waals surface area contributed by atoms with Gasteiger partial charge in [-0.2, -0.15) is 10.1 Å². The van der Waals surface area contributed by atoms with Gasteiger partial charge in [-0.1, -0.05) is 0 Å². The van der Waals surface area contributed by atoms with E-state index in [0.717, 1.165) is 5.01 Å². The van der Waals surface area contributed by atoms with Gasteiger partial charge in [0.05, 0.1) is 0 Å². The number of carbonyl (C=O) groups is 2. The summed E-state index contributed by atoms with van der Waals surface area (Å²) in [6, 6.07) is -0.945. The lowest BCUT2D eigenvalue weighted by molar-refractivity contribution is -0.142. The first kappa shape index (κ1) is 11.5. The molecule has 0 radical (unpaired) electrons. The largest absolute Gasteiger partial charge is 0.480 e. The van der Waals surface area contributed by atoms with Gasteiger partial charge in [-0.15, -0.1) is 0 Å². The second-order valence-corrected chi connectivity index (χ2v) is 4.21. The van der Waals surface area contributed by atoms with Gasteiger partial charge in [0, 0.05) is 12.6 Å². The Bertz CT molecular complexity index is 306. The molecular formula is C9H14N2O4. The number of hydrogen-bond acceptors (Lipinski definition) is 4. The molecule has 0 aromatic heterocycles. The molecule has 1 aliphatic rings. The fourth-order valence-corrected chi connectivity index (χ4v) is 1.10. The van der Waals surface area contributed by atoms with Crippen molar-refractivity contribution in [2.24, 2.45) is 5.10 Å². The number of aliphatic carboxylic acids is 1. The Morgan fingerprint density at radius 3 is 2.60 bits per heavy atom. The first-order chi connectivity index (χ1) is 6.81. The van der Waals surface area contributed by atoms with E-state index in [1.54, 1.807) is 20.8 Å². The van der Waals surface area contributed by atoms with E-state index >= 15 is 0 Å². The highest BCUT2D eigenvalue weighted by Crippen LogP contribution is 2.16. The summed E-state index contributed by atoms with van der Waals surface area (Å²) in [7, 11) is 0. The minimum atomic E-state index is -1.08. The minimum absolute atomic E-state index is 0.217. The molecule has 6 heteroatoms. The van der Waals surface area contributed by atoms with Crippen LogP contribution in [0.3, 0.4) is 0 Å². The molecule has 0 aromatic rings. The molecule has 0 bridgehead atoms. The van der Waals surface area contributed by atoms with E-state index < -0.39 is 23.7 Å². The van der Waals surface area contributed by atoms with Crippen molar-refractivity contribution in [1.82, 2.24) is 5.01 Å². The van der Waals surface area contributed by atoms with Crippen molar-refractivity contribution in [1.29, 1.82) is 0 Å². The number of carbonyl (C=O) groups excluding carboxylic acids is 1. The smallest absolute Gasteiger partial charge is 0.431 e. The van der Waals surface area contributed by atoms with Gasteiger partial charge >= 0.3 is 12.1 Å². The first-order valence-electron chi connectivity index (χ1n) is 4.59. The Kier molecular flexibility index (Phi) is 2.97. The van der Waals surface area contributed by atoms with E-state index in [2.05, 4.69) is 5.10 Å². The predicted octanol–water partition coefficient (Wildman–Crippen LogP) is 1.07. The van der Waals surface area contributed by atoms with Crippen molar-refractivity contribution in [2.75, 3.05) is 0 Å². The lowest BCUT2D eigenvalue weighted by atomic mass is 10.2. The highest BCUT2D eigenvalue weighted by Gasteiger charge is 2.35. The van der Waals surface area contributed by atoms with Crippen LogP contribution >= 0.6 is 0 Å². The number of carboxylic acids is 1. The van der Waals surface area contributed by atoms with Crippen LogP contribution in [0.4, 0.5) is 4.79 Å². The normalized spacial score (nSPS) is 20.5. The summed E-state index contributed by atoms with van der Waals surface area (Å²) in [6.07, 6.45) is 0.876. The molecule has 0 saturated heterocycles. The summed E-state index contributed by atoms with van der Waals surface area (Å²) in [5.74, 6) is -1.08. The van der Waals surface area contributed by atoms with Crippen LogP contribution in [-0.4, -0.2) is 40.0 Å². The predicted molar refractivity (Wildman–Crippen MR) is 52.6 cm³/mol. The molecule has 1 atom stereocenters. The quantitative estimate of drug-likeness (QED) is 0.708. The highest BCUT2D eigenvalue weighted by molar-refractivity contribution is 5.85. The van der Waals surface area contributed by atoms with Crippen LogP contribution in [0.2, 0.25) is 0 Å². The molecule has 0 fully saturated rings. The molecule has 84 valence electrons. The monoisotopic (exact) mass is 214 g/mol. The van der Waals surface area contributed by atoms with Crippen molar-refractivity contribution in [2.45, 2.75) is 38.8 Å². The Morgan fingerprint density at radius 1 is 1.53 bits per heavy atom. The molecule has 1 aliphatic heterocycles. The van der Waals surface area contributed by atoms with E-state index in [0.29, 0.717) is 0 Å². The van der Waals surface area contributed by atoms with Crippen molar-refractivity contribution >= 4 is 18.3 Å². The maximum Gasteiger partial charge on any atom is 0.431 e. The van der Waals surface area contributed by atoms with E-state index in [4.69, 9.17) is 9.84 Å². The lowest BCUT2D eigenvalue weighted by Gasteiger charge is -2.24. The lowest BCUT2D eigenvalue weighted by Crippen LogP contribution is -2.41. The molecule has 15 heavy (non-hydrogen) atoms. The maximum absolute atomic E-state index is 11.5. The van der Waals surface area contributed by atoms with Gasteiger partial charge in [0.25, 0.3) is 0 Å². The molecule has 1 heterocycles. The Hall–Kier alpha value is -1.59. The van der Waals surface area contributed by atoms with Gasteiger partial charge in [0.15, 0.2) is 6.04 Å². The molecular weight excluding hydrogens is 200 g/mol. The number of rotatable bonds is 1. The summed E-state index contributed by atoms with van der Waals surface area (Å²) in [5, 5.41) is 13.3. The van der Waals surface area contributed by atoms with Crippen molar-refractivity contribution in [3.63, 3.8) is 0 Å². The van der Waals surface area contributed by atoms with Gasteiger partial charge in [-0.25, -0.2) is 9.59 Å². The molecule has 1 amide bonds. The van der Waals surface area contributed by atoms with Crippen LogP contribution in [0.15, 0.2) is 5.10 Å². The molecule has 0 aliphatic carbocycles. The Balaban J connectivity index is 2.67. The van der Waals surface area contributed by atoms with E-state index in [1.165, 1.54) is 6.21 Å².